The maximum Gasteiger partial charge on any atom is 0.103 e. The quantitative estimate of drug-likeness (QED) is 0.800. The van der Waals surface area contributed by atoms with Crippen LogP contribution >= 0.6 is 11.6 Å². The van der Waals surface area contributed by atoms with E-state index in [0.717, 1.165) is 36.6 Å². The molecule has 0 radical (unpaired) electrons. The minimum absolute atomic E-state index is 0.277. The van der Waals surface area contributed by atoms with Crippen LogP contribution in [0.15, 0.2) is 47.1 Å². The van der Waals surface area contributed by atoms with Crippen molar-refractivity contribution in [3.63, 3.8) is 0 Å². The Kier molecular flexibility index (Phi) is 5.49. The number of benzene rings is 1. The number of halogens is 1. The number of hydrogen-bond acceptors (Lipinski definition) is 2. The van der Waals surface area contributed by atoms with E-state index in [1.807, 2.05) is 30.3 Å². The lowest BCUT2D eigenvalue weighted by Crippen LogP contribution is -2.23. The van der Waals surface area contributed by atoms with E-state index < -0.39 is 0 Å². The van der Waals surface area contributed by atoms with Gasteiger partial charge in [-0.3, -0.25) is 0 Å². The van der Waals surface area contributed by atoms with Crippen LogP contribution in [0.2, 0.25) is 5.02 Å². The molecule has 1 unspecified atom stereocenters. The highest BCUT2D eigenvalue weighted by molar-refractivity contribution is 6.31. The van der Waals surface area contributed by atoms with Gasteiger partial charge in [0.2, 0.25) is 0 Å². The number of aryl methyl sites for hydroxylation is 1. The van der Waals surface area contributed by atoms with Crippen molar-refractivity contribution in [3.8, 4) is 0 Å². The molecule has 0 saturated heterocycles. The van der Waals surface area contributed by atoms with Crippen molar-refractivity contribution in [2.24, 2.45) is 0 Å². The third-order valence-corrected chi connectivity index (χ3v) is 3.53. The van der Waals surface area contributed by atoms with Crippen molar-refractivity contribution in [1.82, 2.24) is 5.32 Å². The first-order valence-corrected chi connectivity index (χ1v) is 7.19. The van der Waals surface area contributed by atoms with Gasteiger partial charge in [0.05, 0.1) is 6.26 Å². The third-order valence-electron chi connectivity index (χ3n) is 3.18. The van der Waals surface area contributed by atoms with Gasteiger partial charge in [0.15, 0.2) is 0 Å². The van der Waals surface area contributed by atoms with Gasteiger partial charge in [-0.15, -0.1) is 0 Å². The largest absolute Gasteiger partial charge is 0.469 e. The van der Waals surface area contributed by atoms with Gasteiger partial charge in [-0.1, -0.05) is 36.7 Å². The summed E-state index contributed by atoms with van der Waals surface area (Å²) >= 11 is 6.30. The molecular weight excluding hydrogens is 258 g/mol. The second kappa shape index (κ2) is 7.37. The van der Waals surface area contributed by atoms with Crippen LogP contribution in [-0.4, -0.2) is 6.54 Å². The van der Waals surface area contributed by atoms with Crippen molar-refractivity contribution < 1.29 is 4.42 Å². The topological polar surface area (TPSA) is 25.2 Å². The summed E-state index contributed by atoms with van der Waals surface area (Å²) in [5.41, 5.74) is 1.17. The summed E-state index contributed by atoms with van der Waals surface area (Å²) < 4.78 is 5.39. The van der Waals surface area contributed by atoms with E-state index in [9.17, 15) is 0 Å². The second-order valence-electron chi connectivity index (χ2n) is 4.65. The average Bonchev–Trinajstić information content (AvgIpc) is 2.93. The molecule has 1 aromatic heterocycles. The monoisotopic (exact) mass is 277 g/mol. The molecule has 1 atom stereocenters. The molecule has 2 nitrogen and oxygen atoms in total. The average molecular weight is 278 g/mol. The van der Waals surface area contributed by atoms with Gasteiger partial charge < -0.3 is 9.73 Å². The number of hydrogen-bond donors (Lipinski definition) is 1. The summed E-state index contributed by atoms with van der Waals surface area (Å²) in [4.78, 5) is 0. The molecule has 0 aliphatic carbocycles. The normalized spacial score (nSPS) is 12.5. The maximum absolute atomic E-state index is 6.30. The minimum Gasteiger partial charge on any atom is -0.469 e. The number of furan rings is 1. The molecule has 2 rings (SSSR count). The van der Waals surface area contributed by atoms with Crippen molar-refractivity contribution in [3.05, 3.63) is 59.0 Å². The number of nitrogens with one attached hydrogen (secondary N) is 1. The molecule has 0 bridgehead atoms. The molecule has 3 heteroatoms. The summed E-state index contributed by atoms with van der Waals surface area (Å²) in [7, 11) is 0. The Bertz CT molecular complexity index is 481. The Hall–Kier alpha value is -1.25. The zero-order chi connectivity index (χ0) is 13.5. The van der Waals surface area contributed by atoms with Gasteiger partial charge in [-0.2, -0.15) is 0 Å². The van der Waals surface area contributed by atoms with E-state index in [-0.39, 0.29) is 6.04 Å². The molecule has 102 valence electrons. The van der Waals surface area contributed by atoms with Gasteiger partial charge >= 0.3 is 0 Å². The first kappa shape index (κ1) is 14.2. The predicted octanol–water partition coefficient (Wildman–Crippen LogP) is 4.61. The molecule has 1 N–H and O–H groups in total. The third kappa shape index (κ3) is 4.12. The van der Waals surface area contributed by atoms with Gasteiger partial charge in [0, 0.05) is 17.5 Å². The fraction of sp³-hybridized carbons (Fsp3) is 0.375. The second-order valence-corrected chi connectivity index (χ2v) is 5.05. The Morgan fingerprint density at radius 1 is 1.21 bits per heavy atom. The Labute approximate surface area is 119 Å². The van der Waals surface area contributed by atoms with Crippen LogP contribution < -0.4 is 5.32 Å². The van der Waals surface area contributed by atoms with Crippen LogP contribution in [0.4, 0.5) is 0 Å². The van der Waals surface area contributed by atoms with Crippen LogP contribution in [0, 0.1) is 0 Å². The first-order valence-electron chi connectivity index (χ1n) is 6.81. The molecule has 19 heavy (non-hydrogen) atoms. The van der Waals surface area contributed by atoms with Gasteiger partial charge in [0.1, 0.15) is 5.76 Å². The lowest BCUT2D eigenvalue weighted by molar-refractivity contribution is 0.452. The SMILES string of the molecule is CCCNC(CCc1ccco1)c1ccccc1Cl. The molecular formula is C16H20ClNO. The van der Waals surface area contributed by atoms with E-state index in [4.69, 9.17) is 16.0 Å². The van der Waals surface area contributed by atoms with Gasteiger partial charge in [0.25, 0.3) is 0 Å². The lowest BCUT2D eigenvalue weighted by atomic mass is 10.0. The molecule has 0 aliphatic heterocycles. The van der Waals surface area contributed by atoms with Crippen LogP contribution in [0.25, 0.3) is 0 Å². The molecule has 2 aromatic rings. The van der Waals surface area contributed by atoms with Crippen molar-refractivity contribution in [1.29, 1.82) is 0 Å². The van der Waals surface area contributed by atoms with E-state index in [0.29, 0.717) is 0 Å². The predicted molar refractivity (Wildman–Crippen MR) is 79.5 cm³/mol. The van der Waals surface area contributed by atoms with E-state index in [1.165, 1.54) is 5.56 Å². The van der Waals surface area contributed by atoms with Crippen molar-refractivity contribution >= 4 is 11.6 Å². The van der Waals surface area contributed by atoms with Crippen LogP contribution in [0.1, 0.15) is 37.1 Å². The van der Waals surface area contributed by atoms with Crippen LogP contribution in [0.3, 0.4) is 0 Å². The highest BCUT2D eigenvalue weighted by Crippen LogP contribution is 2.26. The Morgan fingerprint density at radius 3 is 2.74 bits per heavy atom. The van der Waals surface area contributed by atoms with Crippen LogP contribution in [0.5, 0.6) is 0 Å². The van der Waals surface area contributed by atoms with Gasteiger partial charge in [-0.25, -0.2) is 0 Å². The smallest absolute Gasteiger partial charge is 0.103 e. The van der Waals surface area contributed by atoms with E-state index >= 15 is 0 Å². The molecule has 0 saturated carbocycles. The molecule has 0 amide bonds. The van der Waals surface area contributed by atoms with Crippen molar-refractivity contribution in [2.75, 3.05) is 6.54 Å². The summed E-state index contributed by atoms with van der Waals surface area (Å²) in [6, 6.07) is 12.3. The molecule has 0 aliphatic rings. The zero-order valence-corrected chi connectivity index (χ0v) is 12.0. The molecule has 0 fully saturated rings. The summed E-state index contributed by atoms with van der Waals surface area (Å²) in [6.45, 7) is 3.16. The highest BCUT2D eigenvalue weighted by atomic mass is 35.5. The lowest BCUT2D eigenvalue weighted by Gasteiger charge is -2.19. The van der Waals surface area contributed by atoms with E-state index in [2.05, 4.69) is 18.3 Å². The maximum atomic E-state index is 6.30. The molecule has 1 heterocycles. The highest BCUT2D eigenvalue weighted by Gasteiger charge is 2.14. The number of rotatable bonds is 7. The fourth-order valence-corrected chi connectivity index (χ4v) is 2.45. The summed E-state index contributed by atoms with van der Waals surface area (Å²) in [6.07, 6.45) is 4.73. The van der Waals surface area contributed by atoms with Gasteiger partial charge in [-0.05, 0) is 43.1 Å². The van der Waals surface area contributed by atoms with Crippen molar-refractivity contribution in [2.45, 2.75) is 32.2 Å². The van der Waals surface area contributed by atoms with E-state index in [1.54, 1.807) is 6.26 Å². The van der Waals surface area contributed by atoms with Crippen LogP contribution in [-0.2, 0) is 6.42 Å². The standard InChI is InChI=1S/C16H20ClNO/c1-2-11-18-16(10-9-13-6-5-12-19-13)14-7-3-4-8-15(14)17/h3-8,12,16,18H,2,9-11H2,1H3. The Morgan fingerprint density at radius 2 is 2.05 bits per heavy atom. The Balaban J connectivity index is 2.05. The molecule has 0 spiro atoms. The summed E-state index contributed by atoms with van der Waals surface area (Å²) in [5.74, 6) is 1.02. The first-order chi connectivity index (χ1) is 9.31. The minimum atomic E-state index is 0.277. The molecule has 1 aromatic carbocycles. The fourth-order valence-electron chi connectivity index (χ4n) is 2.19. The summed E-state index contributed by atoms with van der Waals surface area (Å²) in [5, 5.41) is 4.39. The zero-order valence-electron chi connectivity index (χ0n) is 11.2.